The Morgan fingerprint density at radius 1 is 1.35 bits per heavy atom. The second-order valence-corrected chi connectivity index (χ2v) is 5.02. The van der Waals surface area contributed by atoms with E-state index in [1.54, 1.807) is 11.8 Å². The molecule has 1 aromatic carbocycles. The number of fused-ring (bicyclic) bond motifs is 3. The first kappa shape index (κ1) is 10.6. The van der Waals surface area contributed by atoms with E-state index in [2.05, 4.69) is 28.8 Å². The molecule has 0 spiro atoms. The quantitative estimate of drug-likeness (QED) is 0.571. The highest BCUT2D eigenvalue weighted by Gasteiger charge is 2.35. The molecule has 1 aliphatic heterocycles. The number of hydrogen-bond donors (Lipinski definition) is 0. The van der Waals surface area contributed by atoms with Crippen LogP contribution in [0.4, 0.5) is 0 Å². The molecule has 2 heterocycles. The number of benzene rings is 1. The van der Waals surface area contributed by atoms with Gasteiger partial charge in [-0.2, -0.15) is 0 Å². The van der Waals surface area contributed by atoms with Crippen LogP contribution in [0.25, 0.3) is 10.9 Å². The average molecular weight is 246 g/mol. The molecule has 0 aliphatic carbocycles. The molecule has 0 saturated carbocycles. The van der Waals surface area contributed by atoms with Crippen molar-refractivity contribution in [3.8, 4) is 0 Å². The van der Waals surface area contributed by atoms with Crippen molar-refractivity contribution in [3.05, 3.63) is 36.4 Å². The third-order valence-corrected chi connectivity index (χ3v) is 3.88. The van der Waals surface area contributed by atoms with Gasteiger partial charge in [0, 0.05) is 24.4 Å². The molecule has 0 fully saturated rings. The minimum atomic E-state index is -0.233. The Morgan fingerprint density at radius 2 is 2.18 bits per heavy atom. The molecule has 17 heavy (non-hydrogen) atoms. The summed E-state index contributed by atoms with van der Waals surface area (Å²) in [4.78, 5) is 11.1. The molecule has 0 saturated heterocycles. The van der Waals surface area contributed by atoms with Crippen molar-refractivity contribution < 1.29 is 14.1 Å². The van der Waals surface area contributed by atoms with Crippen LogP contribution in [0.3, 0.4) is 0 Å². The maximum absolute atomic E-state index is 11.1. The third kappa shape index (κ3) is 1.78. The van der Waals surface area contributed by atoms with Crippen LogP contribution >= 0.6 is 11.8 Å². The van der Waals surface area contributed by atoms with Gasteiger partial charge in [0.2, 0.25) is 10.5 Å². The number of para-hydroxylation sites is 1. The van der Waals surface area contributed by atoms with Crippen LogP contribution in [0.2, 0.25) is 0 Å². The summed E-state index contributed by atoms with van der Waals surface area (Å²) in [7, 11) is 0. The predicted octanol–water partition coefficient (Wildman–Crippen LogP) is 2.29. The maximum atomic E-state index is 11.1. The number of ether oxygens (including phenoxy) is 1. The first-order chi connectivity index (χ1) is 8.25. The summed E-state index contributed by atoms with van der Waals surface area (Å²) in [5.74, 6) is 0.553. The zero-order valence-corrected chi connectivity index (χ0v) is 10.2. The number of nitrogens with zero attached hydrogens (tertiary/aromatic N) is 1. The van der Waals surface area contributed by atoms with Crippen molar-refractivity contribution in [1.82, 2.24) is 0 Å². The zero-order valence-electron chi connectivity index (χ0n) is 9.42. The average Bonchev–Trinajstić information content (AvgIpc) is 2.72. The second-order valence-electron chi connectivity index (χ2n) is 3.98. The van der Waals surface area contributed by atoms with E-state index in [0.717, 1.165) is 21.7 Å². The summed E-state index contributed by atoms with van der Waals surface area (Å²) in [6, 6.07) is 12.3. The van der Waals surface area contributed by atoms with Crippen molar-refractivity contribution in [2.24, 2.45) is 0 Å². The minimum Gasteiger partial charge on any atom is -0.402 e. The number of aromatic nitrogens is 1. The molecule has 0 amide bonds. The van der Waals surface area contributed by atoms with Gasteiger partial charge < -0.3 is 4.74 Å². The van der Waals surface area contributed by atoms with Crippen molar-refractivity contribution in [3.63, 3.8) is 0 Å². The van der Waals surface area contributed by atoms with E-state index < -0.39 is 0 Å². The number of carbonyl (C=O) groups is 1. The van der Waals surface area contributed by atoms with Crippen LogP contribution in [-0.2, 0) is 9.53 Å². The highest BCUT2D eigenvalue weighted by molar-refractivity contribution is 7.99. The lowest BCUT2D eigenvalue weighted by molar-refractivity contribution is -0.755. The molecule has 3 rings (SSSR count). The monoisotopic (exact) mass is 246 g/mol. The molecule has 2 aromatic rings. The number of thioether (sulfide) groups is 1. The Hall–Kier alpha value is -1.55. The van der Waals surface area contributed by atoms with Crippen LogP contribution in [0, 0.1) is 0 Å². The highest BCUT2D eigenvalue weighted by atomic mass is 32.2. The molecule has 0 N–H and O–H groups in total. The van der Waals surface area contributed by atoms with Crippen molar-refractivity contribution in [1.29, 1.82) is 0 Å². The van der Waals surface area contributed by atoms with Gasteiger partial charge in [-0.25, -0.2) is 0 Å². The van der Waals surface area contributed by atoms with Gasteiger partial charge in [-0.05, 0) is 23.9 Å². The van der Waals surface area contributed by atoms with Crippen LogP contribution in [0.5, 0.6) is 0 Å². The topological polar surface area (TPSA) is 30.2 Å². The first-order valence-corrected chi connectivity index (χ1v) is 6.47. The maximum Gasteiger partial charge on any atom is 0.315 e. The Bertz CT molecular complexity index is 597. The molecule has 4 heteroatoms. The Labute approximate surface area is 103 Å². The second kappa shape index (κ2) is 4.04. The molecule has 0 bridgehead atoms. The van der Waals surface area contributed by atoms with Gasteiger partial charge in [-0.15, -0.1) is 4.57 Å². The van der Waals surface area contributed by atoms with Gasteiger partial charge in [-0.3, -0.25) is 4.79 Å². The zero-order chi connectivity index (χ0) is 11.8. The predicted molar refractivity (Wildman–Crippen MR) is 65.7 cm³/mol. The standard InChI is InChI=1S/C13H12NO2S/c1-9(15)16-12-8-17-13-7-6-10-4-2-3-5-11(10)14(12)13/h2-7,12H,8H2,1H3/q+1. The number of pyridine rings is 1. The lowest BCUT2D eigenvalue weighted by atomic mass is 10.2. The molecular formula is C13H12NO2S+. The van der Waals surface area contributed by atoms with Gasteiger partial charge in [0.25, 0.3) is 0 Å². The highest BCUT2D eigenvalue weighted by Crippen LogP contribution is 2.29. The smallest absolute Gasteiger partial charge is 0.315 e. The van der Waals surface area contributed by atoms with Crippen molar-refractivity contribution in [2.75, 3.05) is 5.75 Å². The summed E-state index contributed by atoms with van der Waals surface area (Å²) in [5.41, 5.74) is 1.11. The summed E-state index contributed by atoms with van der Waals surface area (Å²) in [6.45, 7) is 1.45. The van der Waals surface area contributed by atoms with Gasteiger partial charge >= 0.3 is 12.2 Å². The normalized spacial score (nSPS) is 18.1. The van der Waals surface area contributed by atoms with E-state index >= 15 is 0 Å². The number of esters is 1. The number of rotatable bonds is 1. The summed E-state index contributed by atoms with van der Waals surface area (Å²) in [6.07, 6.45) is -0.182. The lowest BCUT2D eigenvalue weighted by Crippen LogP contribution is -2.41. The largest absolute Gasteiger partial charge is 0.402 e. The van der Waals surface area contributed by atoms with Gasteiger partial charge in [0.15, 0.2) is 0 Å². The summed E-state index contributed by atoms with van der Waals surface area (Å²) >= 11 is 1.72. The van der Waals surface area contributed by atoms with Gasteiger partial charge in [0.05, 0.1) is 0 Å². The molecule has 1 atom stereocenters. The van der Waals surface area contributed by atoms with E-state index in [4.69, 9.17) is 4.74 Å². The summed E-state index contributed by atoms with van der Waals surface area (Å²) < 4.78 is 7.45. The van der Waals surface area contributed by atoms with Gasteiger partial charge in [-0.1, -0.05) is 12.1 Å². The van der Waals surface area contributed by atoms with Crippen LogP contribution in [0.15, 0.2) is 41.4 Å². The van der Waals surface area contributed by atoms with E-state index in [0.29, 0.717) is 0 Å². The molecule has 0 radical (unpaired) electrons. The van der Waals surface area contributed by atoms with Crippen LogP contribution in [-0.4, -0.2) is 11.7 Å². The Balaban J connectivity index is 2.17. The lowest BCUT2D eigenvalue weighted by Gasteiger charge is -2.07. The minimum absolute atomic E-state index is 0.182. The SMILES string of the molecule is CC(=O)OC1CSc2ccc3ccccc3[n+]21. The first-order valence-electron chi connectivity index (χ1n) is 5.49. The molecule has 1 unspecified atom stereocenters. The van der Waals surface area contributed by atoms with Crippen LogP contribution < -0.4 is 4.57 Å². The molecular weight excluding hydrogens is 234 g/mol. The molecule has 86 valence electrons. The Morgan fingerprint density at radius 3 is 3.00 bits per heavy atom. The van der Waals surface area contributed by atoms with E-state index in [-0.39, 0.29) is 12.2 Å². The fourth-order valence-corrected chi connectivity index (χ4v) is 3.18. The van der Waals surface area contributed by atoms with E-state index in [1.807, 2.05) is 12.1 Å². The number of hydrogen-bond acceptors (Lipinski definition) is 3. The molecule has 1 aliphatic rings. The Kier molecular flexibility index (Phi) is 2.52. The number of carbonyl (C=O) groups excluding carboxylic acids is 1. The third-order valence-electron chi connectivity index (χ3n) is 2.80. The fourth-order valence-electron chi connectivity index (χ4n) is 2.13. The molecule has 3 nitrogen and oxygen atoms in total. The van der Waals surface area contributed by atoms with E-state index in [9.17, 15) is 4.79 Å². The van der Waals surface area contributed by atoms with E-state index in [1.165, 1.54) is 6.92 Å². The summed E-state index contributed by atoms with van der Waals surface area (Å²) in [5, 5.41) is 2.31. The van der Waals surface area contributed by atoms with Gasteiger partial charge in [0.1, 0.15) is 5.75 Å². The van der Waals surface area contributed by atoms with Crippen molar-refractivity contribution in [2.45, 2.75) is 18.2 Å². The fraction of sp³-hybridized carbons (Fsp3) is 0.231. The molecule has 1 aromatic heterocycles. The van der Waals surface area contributed by atoms with Crippen molar-refractivity contribution >= 4 is 28.6 Å². The van der Waals surface area contributed by atoms with Crippen LogP contribution in [0.1, 0.15) is 13.2 Å².